The van der Waals surface area contributed by atoms with Crippen molar-refractivity contribution in [1.82, 2.24) is 4.90 Å². The molecule has 0 aliphatic heterocycles. The molecule has 0 spiro atoms. The van der Waals surface area contributed by atoms with Gasteiger partial charge >= 0.3 is 0 Å². The summed E-state index contributed by atoms with van der Waals surface area (Å²) in [7, 11) is 4.07. The Morgan fingerprint density at radius 2 is 1.94 bits per heavy atom. The summed E-state index contributed by atoms with van der Waals surface area (Å²) in [6.45, 7) is 5.67. The van der Waals surface area contributed by atoms with Crippen molar-refractivity contribution >= 4 is 6.08 Å². The van der Waals surface area contributed by atoms with Gasteiger partial charge in [0.2, 0.25) is 0 Å². The smallest absolute Gasteiger partial charge is 0.119 e. The average Bonchev–Trinajstić information content (AvgIpc) is 2.30. The molecule has 3 heteroatoms. The van der Waals surface area contributed by atoms with Gasteiger partial charge in [0, 0.05) is 12.6 Å². The Hall–Kier alpha value is -1.32. The molecular weight excluding hydrogens is 224 g/mol. The molecule has 100 valence electrons. The number of benzene rings is 1. The highest BCUT2D eigenvalue weighted by molar-refractivity contribution is 5.54. The van der Waals surface area contributed by atoms with Crippen LogP contribution in [0, 0.1) is 0 Å². The van der Waals surface area contributed by atoms with Crippen molar-refractivity contribution in [1.29, 1.82) is 0 Å². The fourth-order valence-corrected chi connectivity index (χ4v) is 1.40. The van der Waals surface area contributed by atoms with Gasteiger partial charge in [-0.1, -0.05) is 23.8 Å². The first kappa shape index (κ1) is 14.7. The highest BCUT2D eigenvalue weighted by atomic mass is 16.5. The van der Waals surface area contributed by atoms with E-state index in [2.05, 4.69) is 23.1 Å². The molecule has 0 bridgehead atoms. The van der Waals surface area contributed by atoms with Crippen LogP contribution in [0.1, 0.15) is 19.4 Å². The van der Waals surface area contributed by atoms with Crippen LogP contribution in [0.15, 0.2) is 29.8 Å². The lowest BCUT2D eigenvalue weighted by molar-refractivity contribution is 0.261. The van der Waals surface area contributed by atoms with Crippen LogP contribution in [0.4, 0.5) is 0 Å². The lowest BCUT2D eigenvalue weighted by Gasteiger charge is -2.11. The van der Waals surface area contributed by atoms with E-state index < -0.39 is 0 Å². The molecule has 0 radical (unpaired) electrons. The number of hydrogen-bond donors (Lipinski definition) is 1. The average molecular weight is 248 g/mol. The molecule has 0 amide bonds. The number of nitrogens with zero attached hydrogens (tertiary/aromatic N) is 1. The Labute approximate surface area is 110 Å². The normalized spacial score (nSPS) is 13.8. The zero-order chi connectivity index (χ0) is 13.5. The fourth-order valence-electron chi connectivity index (χ4n) is 1.40. The Morgan fingerprint density at radius 1 is 1.33 bits per heavy atom. The minimum atomic E-state index is 0.0982. The summed E-state index contributed by atoms with van der Waals surface area (Å²) in [6.07, 6.45) is 2.11. The number of nitrogens with two attached hydrogens (primary N) is 1. The van der Waals surface area contributed by atoms with Gasteiger partial charge in [0.15, 0.2) is 0 Å². The second-order valence-corrected chi connectivity index (χ2v) is 4.90. The summed E-state index contributed by atoms with van der Waals surface area (Å²) in [4.78, 5) is 2.10. The number of ether oxygens (including phenoxy) is 1. The van der Waals surface area contributed by atoms with E-state index in [0.29, 0.717) is 6.61 Å². The van der Waals surface area contributed by atoms with Gasteiger partial charge in [-0.2, -0.15) is 0 Å². The van der Waals surface area contributed by atoms with Gasteiger partial charge in [-0.15, -0.1) is 0 Å². The predicted molar refractivity (Wildman–Crippen MR) is 77.8 cm³/mol. The highest BCUT2D eigenvalue weighted by Crippen LogP contribution is 2.15. The Bertz CT molecular complexity index is 380. The lowest BCUT2D eigenvalue weighted by atomic mass is 10.1. The summed E-state index contributed by atoms with van der Waals surface area (Å²) >= 11 is 0. The molecule has 1 atom stereocenters. The molecule has 0 fully saturated rings. The van der Waals surface area contributed by atoms with Crippen molar-refractivity contribution in [3.63, 3.8) is 0 Å². The summed E-state index contributed by atoms with van der Waals surface area (Å²) in [6, 6.07) is 8.20. The first-order chi connectivity index (χ1) is 8.49. The minimum absolute atomic E-state index is 0.0982. The molecule has 0 aliphatic carbocycles. The molecule has 1 aromatic rings. The zero-order valence-electron chi connectivity index (χ0n) is 11.8. The predicted octanol–water partition coefficient (Wildman–Crippen LogP) is 2.38. The molecule has 18 heavy (non-hydrogen) atoms. The van der Waals surface area contributed by atoms with E-state index in [1.165, 1.54) is 5.57 Å². The van der Waals surface area contributed by atoms with E-state index in [4.69, 9.17) is 10.5 Å². The summed E-state index contributed by atoms with van der Waals surface area (Å²) in [5.74, 6) is 0.910. The van der Waals surface area contributed by atoms with Crippen molar-refractivity contribution in [3.05, 3.63) is 35.4 Å². The molecule has 0 aromatic heterocycles. The standard InChI is InChI=1S/C15H24N2O/c1-12(13(2)16)11-14-5-7-15(8-6-14)18-10-9-17(3)4/h5-8,11,13H,9-10,16H2,1-4H3/b12-11+. The largest absolute Gasteiger partial charge is 0.492 e. The molecule has 1 unspecified atom stereocenters. The van der Waals surface area contributed by atoms with E-state index in [1.54, 1.807) is 0 Å². The summed E-state index contributed by atoms with van der Waals surface area (Å²) < 4.78 is 5.64. The number of hydrogen-bond acceptors (Lipinski definition) is 3. The van der Waals surface area contributed by atoms with Crippen LogP contribution in [0.5, 0.6) is 5.75 Å². The number of likely N-dealkylation sites (N-methyl/N-ethyl adjacent to an activating group) is 1. The Balaban J connectivity index is 2.55. The maximum absolute atomic E-state index is 5.81. The van der Waals surface area contributed by atoms with Crippen molar-refractivity contribution in [2.45, 2.75) is 19.9 Å². The topological polar surface area (TPSA) is 38.5 Å². The molecule has 0 heterocycles. The molecule has 0 aliphatic rings. The van der Waals surface area contributed by atoms with E-state index in [9.17, 15) is 0 Å². The third-order valence-electron chi connectivity index (χ3n) is 2.80. The molecule has 0 saturated heterocycles. The Morgan fingerprint density at radius 3 is 2.44 bits per heavy atom. The first-order valence-corrected chi connectivity index (χ1v) is 6.30. The quantitative estimate of drug-likeness (QED) is 0.840. The molecule has 1 aromatic carbocycles. The van der Waals surface area contributed by atoms with Gasteiger partial charge in [0.25, 0.3) is 0 Å². The van der Waals surface area contributed by atoms with Gasteiger partial charge in [0.1, 0.15) is 12.4 Å². The van der Waals surface area contributed by atoms with Crippen molar-refractivity contribution in [2.24, 2.45) is 5.73 Å². The van der Waals surface area contributed by atoms with Crippen LogP contribution in [-0.2, 0) is 0 Å². The van der Waals surface area contributed by atoms with Crippen LogP contribution in [0.25, 0.3) is 6.08 Å². The summed E-state index contributed by atoms with van der Waals surface area (Å²) in [5, 5.41) is 0. The maximum Gasteiger partial charge on any atom is 0.119 e. The van der Waals surface area contributed by atoms with E-state index in [0.717, 1.165) is 17.9 Å². The minimum Gasteiger partial charge on any atom is -0.492 e. The van der Waals surface area contributed by atoms with Crippen LogP contribution in [-0.4, -0.2) is 38.2 Å². The second kappa shape index (κ2) is 7.19. The van der Waals surface area contributed by atoms with E-state index in [-0.39, 0.29) is 6.04 Å². The van der Waals surface area contributed by atoms with Crippen LogP contribution in [0.3, 0.4) is 0 Å². The zero-order valence-corrected chi connectivity index (χ0v) is 11.8. The monoisotopic (exact) mass is 248 g/mol. The fraction of sp³-hybridized carbons (Fsp3) is 0.467. The van der Waals surface area contributed by atoms with Gasteiger partial charge in [-0.05, 0) is 45.6 Å². The van der Waals surface area contributed by atoms with Gasteiger partial charge in [-0.25, -0.2) is 0 Å². The van der Waals surface area contributed by atoms with E-state index >= 15 is 0 Å². The highest BCUT2D eigenvalue weighted by Gasteiger charge is 1.98. The Kier molecular flexibility index (Phi) is 5.89. The molecule has 3 nitrogen and oxygen atoms in total. The van der Waals surface area contributed by atoms with Gasteiger partial charge in [0.05, 0.1) is 0 Å². The van der Waals surface area contributed by atoms with Crippen molar-refractivity contribution < 1.29 is 4.74 Å². The van der Waals surface area contributed by atoms with Crippen LogP contribution >= 0.6 is 0 Å². The van der Waals surface area contributed by atoms with Crippen LogP contribution in [0.2, 0.25) is 0 Å². The molecule has 1 rings (SSSR count). The van der Waals surface area contributed by atoms with E-state index in [1.807, 2.05) is 40.1 Å². The lowest BCUT2D eigenvalue weighted by Crippen LogP contribution is -2.19. The number of rotatable bonds is 6. The first-order valence-electron chi connectivity index (χ1n) is 6.30. The maximum atomic E-state index is 5.81. The van der Waals surface area contributed by atoms with Gasteiger partial charge < -0.3 is 15.4 Å². The second-order valence-electron chi connectivity index (χ2n) is 4.90. The third kappa shape index (κ3) is 5.34. The van der Waals surface area contributed by atoms with Crippen LogP contribution < -0.4 is 10.5 Å². The SMILES string of the molecule is C/C(=C\c1ccc(OCCN(C)C)cc1)C(C)N. The summed E-state index contributed by atoms with van der Waals surface area (Å²) in [5.41, 5.74) is 8.14. The third-order valence-corrected chi connectivity index (χ3v) is 2.80. The van der Waals surface area contributed by atoms with Crippen molar-refractivity contribution in [3.8, 4) is 5.75 Å². The molecular formula is C15H24N2O. The molecule has 0 saturated carbocycles. The van der Waals surface area contributed by atoms with Crippen molar-refractivity contribution in [2.75, 3.05) is 27.2 Å². The molecule has 2 N–H and O–H groups in total. The van der Waals surface area contributed by atoms with Gasteiger partial charge in [-0.3, -0.25) is 0 Å².